The van der Waals surface area contributed by atoms with Crippen LogP contribution < -0.4 is 10.6 Å². The second-order valence-corrected chi connectivity index (χ2v) is 6.21. The van der Waals surface area contributed by atoms with Crippen molar-refractivity contribution < 1.29 is 4.74 Å². The number of rotatable bonds is 11. The number of hydrogen-bond acceptors (Lipinski definition) is 2. The number of benzene rings is 1. The first-order valence-electron chi connectivity index (χ1n) is 9.42. The third-order valence-electron chi connectivity index (χ3n) is 4.21. The van der Waals surface area contributed by atoms with Crippen LogP contribution in [0.5, 0.6) is 0 Å². The molecule has 146 valence electrons. The van der Waals surface area contributed by atoms with Gasteiger partial charge in [-0.05, 0) is 37.3 Å². The molecule has 0 saturated carbocycles. The molecule has 0 fully saturated rings. The van der Waals surface area contributed by atoms with Gasteiger partial charge < -0.3 is 20.4 Å². The van der Waals surface area contributed by atoms with E-state index in [4.69, 9.17) is 4.74 Å². The zero-order valence-electron chi connectivity index (χ0n) is 16.0. The predicted octanol–water partition coefficient (Wildman–Crippen LogP) is 4.09. The molecule has 0 radical (unpaired) electrons. The summed E-state index contributed by atoms with van der Waals surface area (Å²) >= 11 is 0. The van der Waals surface area contributed by atoms with Gasteiger partial charge in [-0.2, -0.15) is 0 Å². The number of nitrogens with one attached hydrogen (secondary N) is 3. The highest BCUT2D eigenvalue weighted by Gasteiger charge is 2.03. The second kappa shape index (κ2) is 13.9. The molecule has 0 aliphatic rings. The highest BCUT2D eigenvalue weighted by atomic mass is 127. The van der Waals surface area contributed by atoms with E-state index in [2.05, 4.69) is 58.0 Å². The van der Waals surface area contributed by atoms with Crippen molar-refractivity contribution in [2.75, 3.05) is 33.4 Å². The van der Waals surface area contributed by atoms with Gasteiger partial charge in [0, 0.05) is 50.5 Å². The van der Waals surface area contributed by atoms with Gasteiger partial charge >= 0.3 is 0 Å². The van der Waals surface area contributed by atoms with E-state index in [1.165, 1.54) is 22.9 Å². The lowest BCUT2D eigenvalue weighted by molar-refractivity contribution is 0.129. The zero-order valence-corrected chi connectivity index (χ0v) is 18.3. The minimum absolute atomic E-state index is 0. The van der Waals surface area contributed by atoms with Gasteiger partial charge in [-0.25, -0.2) is 0 Å². The minimum atomic E-state index is 0. The van der Waals surface area contributed by atoms with Crippen LogP contribution in [0.1, 0.15) is 38.2 Å². The van der Waals surface area contributed by atoms with Crippen LogP contribution in [-0.4, -0.2) is 44.3 Å². The number of para-hydroxylation sites is 1. The quantitative estimate of drug-likeness (QED) is 0.200. The van der Waals surface area contributed by atoms with Crippen molar-refractivity contribution >= 4 is 40.8 Å². The third kappa shape index (κ3) is 7.95. The van der Waals surface area contributed by atoms with Gasteiger partial charge in [-0.3, -0.25) is 4.99 Å². The number of aryl methyl sites for hydroxylation is 1. The molecule has 0 aliphatic carbocycles. The maximum Gasteiger partial charge on any atom is 0.190 e. The van der Waals surface area contributed by atoms with E-state index < -0.39 is 0 Å². The van der Waals surface area contributed by atoms with Gasteiger partial charge in [0.2, 0.25) is 0 Å². The summed E-state index contributed by atoms with van der Waals surface area (Å²) in [4.78, 5) is 7.60. The van der Waals surface area contributed by atoms with Crippen LogP contribution in [0.3, 0.4) is 0 Å². The van der Waals surface area contributed by atoms with Crippen LogP contribution in [0.4, 0.5) is 0 Å². The van der Waals surface area contributed by atoms with Crippen LogP contribution >= 0.6 is 24.0 Å². The third-order valence-corrected chi connectivity index (χ3v) is 4.21. The van der Waals surface area contributed by atoms with E-state index in [1.54, 1.807) is 0 Å². The lowest BCUT2D eigenvalue weighted by Gasteiger charge is -2.11. The molecule has 0 aliphatic heterocycles. The number of H-pyrrole nitrogens is 1. The summed E-state index contributed by atoms with van der Waals surface area (Å²) < 4.78 is 5.56. The topological polar surface area (TPSA) is 61.4 Å². The van der Waals surface area contributed by atoms with Gasteiger partial charge in [-0.1, -0.05) is 31.5 Å². The standard InChI is InChI=1S/C20H32N4O.HI/c1-3-4-14-25-15-8-13-23-20(21-2)22-12-7-9-17-16-24-19-11-6-5-10-18(17)19;/h5-6,10-11,16,24H,3-4,7-9,12-15H2,1-2H3,(H2,21,22,23);1H. The molecule has 0 bridgehead atoms. The fourth-order valence-electron chi connectivity index (χ4n) is 2.77. The minimum Gasteiger partial charge on any atom is -0.381 e. The first-order valence-corrected chi connectivity index (χ1v) is 9.42. The average molecular weight is 472 g/mol. The largest absolute Gasteiger partial charge is 0.381 e. The Labute approximate surface area is 174 Å². The Hall–Kier alpha value is -1.28. The number of fused-ring (bicyclic) bond motifs is 1. The van der Waals surface area contributed by atoms with Crippen molar-refractivity contribution in [1.82, 2.24) is 15.6 Å². The highest BCUT2D eigenvalue weighted by Crippen LogP contribution is 2.18. The van der Waals surface area contributed by atoms with Crippen LogP contribution in [0.15, 0.2) is 35.5 Å². The summed E-state index contributed by atoms with van der Waals surface area (Å²) in [6.45, 7) is 5.65. The molecule has 0 saturated heterocycles. The van der Waals surface area contributed by atoms with Gasteiger partial charge in [0.05, 0.1) is 0 Å². The maximum absolute atomic E-state index is 5.56. The Bertz CT molecular complexity index is 642. The van der Waals surface area contributed by atoms with Crippen molar-refractivity contribution in [2.45, 2.75) is 39.0 Å². The number of nitrogens with zero attached hydrogens (tertiary/aromatic N) is 1. The Morgan fingerprint density at radius 3 is 2.58 bits per heavy atom. The normalized spacial score (nSPS) is 11.4. The first kappa shape index (κ1) is 22.8. The molecule has 0 amide bonds. The number of hydrogen-bond donors (Lipinski definition) is 3. The molecule has 5 nitrogen and oxygen atoms in total. The Kier molecular flexibility index (Phi) is 12.1. The van der Waals surface area contributed by atoms with E-state index in [0.29, 0.717) is 0 Å². The molecular formula is C20H33IN4O. The molecule has 2 rings (SSSR count). The Morgan fingerprint density at radius 1 is 1.08 bits per heavy atom. The molecule has 0 atom stereocenters. The molecule has 26 heavy (non-hydrogen) atoms. The van der Waals surface area contributed by atoms with E-state index in [1.807, 2.05) is 7.05 Å². The molecule has 0 unspecified atom stereocenters. The van der Waals surface area contributed by atoms with Crippen LogP contribution in [0.25, 0.3) is 10.9 Å². The average Bonchev–Trinajstić information content (AvgIpc) is 3.06. The molecule has 6 heteroatoms. The lowest BCUT2D eigenvalue weighted by Crippen LogP contribution is -2.38. The van der Waals surface area contributed by atoms with Crippen molar-refractivity contribution in [2.24, 2.45) is 4.99 Å². The van der Waals surface area contributed by atoms with Crippen molar-refractivity contribution in [3.63, 3.8) is 0 Å². The number of aliphatic imine (C=N–C) groups is 1. The van der Waals surface area contributed by atoms with Crippen LogP contribution in [0, 0.1) is 0 Å². The zero-order chi connectivity index (χ0) is 17.7. The number of halogens is 1. The van der Waals surface area contributed by atoms with Crippen molar-refractivity contribution in [1.29, 1.82) is 0 Å². The Balaban J connectivity index is 0.00000338. The number of aromatic amines is 1. The Morgan fingerprint density at radius 2 is 1.81 bits per heavy atom. The van der Waals surface area contributed by atoms with Gasteiger partial charge in [0.1, 0.15) is 0 Å². The second-order valence-electron chi connectivity index (χ2n) is 6.21. The lowest BCUT2D eigenvalue weighted by atomic mass is 10.1. The van der Waals surface area contributed by atoms with E-state index in [0.717, 1.165) is 57.9 Å². The summed E-state index contributed by atoms with van der Waals surface area (Å²) in [6.07, 6.45) is 7.58. The summed E-state index contributed by atoms with van der Waals surface area (Å²) in [6, 6.07) is 8.46. The van der Waals surface area contributed by atoms with E-state index in [9.17, 15) is 0 Å². The number of aromatic nitrogens is 1. The molecule has 0 spiro atoms. The summed E-state index contributed by atoms with van der Waals surface area (Å²) in [5.74, 6) is 0.868. The van der Waals surface area contributed by atoms with E-state index >= 15 is 0 Å². The fraction of sp³-hybridized carbons (Fsp3) is 0.550. The first-order chi connectivity index (χ1) is 12.3. The van der Waals surface area contributed by atoms with Crippen LogP contribution in [0.2, 0.25) is 0 Å². The molecule has 1 heterocycles. The summed E-state index contributed by atoms with van der Waals surface area (Å²) in [7, 11) is 1.81. The summed E-state index contributed by atoms with van der Waals surface area (Å²) in [5, 5.41) is 8.04. The van der Waals surface area contributed by atoms with Gasteiger partial charge in [0.25, 0.3) is 0 Å². The van der Waals surface area contributed by atoms with Gasteiger partial charge in [-0.15, -0.1) is 24.0 Å². The monoisotopic (exact) mass is 472 g/mol. The van der Waals surface area contributed by atoms with Crippen molar-refractivity contribution in [3.8, 4) is 0 Å². The smallest absolute Gasteiger partial charge is 0.190 e. The number of unbranched alkanes of at least 4 members (excludes halogenated alkanes) is 1. The van der Waals surface area contributed by atoms with E-state index in [-0.39, 0.29) is 24.0 Å². The molecule has 1 aromatic carbocycles. The van der Waals surface area contributed by atoms with Crippen molar-refractivity contribution in [3.05, 3.63) is 36.0 Å². The fourth-order valence-corrected chi connectivity index (χ4v) is 2.77. The van der Waals surface area contributed by atoms with Gasteiger partial charge in [0.15, 0.2) is 5.96 Å². The molecule has 2 aromatic rings. The SMILES string of the molecule is CCCCOCCCNC(=NC)NCCCc1c[nH]c2ccccc12.I. The number of ether oxygens (including phenoxy) is 1. The molecule has 3 N–H and O–H groups in total. The molecular weight excluding hydrogens is 439 g/mol. The predicted molar refractivity (Wildman–Crippen MR) is 122 cm³/mol. The highest BCUT2D eigenvalue weighted by molar-refractivity contribution is 14.0. The summed E-state index contributed by atoms with van der Waals surface area (Å²) in [5.41, 5.74) is 2.59. The number of guanidine groups is 1. The maximum atomic E-state index is 5.56. The molecule has 1 aromatic heterocycles. The van der Waals surface area contributed by atoms with Crippen LogP contribution in [-0.2, 0) is 11.2 Å².